The lowest BCUT2D eigenvalue weighted by molar-refractivity contribution is 0.268. The summed E-state index contributed by atoms with van der Waals surface area (Å²) < 4.78 is 22.6. The van der Waals surface area contributed by atoms with Gasteiger partial charge in [-0.05, 0) is 18.9 Å². The number of benzene rings is 1. The highest BCUT2D eigenvalue weighted by Gasteiger charge is 2.38. The van der Waals surface area contributed by atoms with E-state index in [1.165, 1.54) is 17.4 Å². The zero-order valence-corrected chi connectivity index (χ0v) is 11.2. The van der Waals surface area contributed by atoms with E-state index in [1.807, 2.05) is 0 Å². The van der Waals surface area contributed by atoms with Crippen LogP contribution in [0.2, 0.25) is 0 Å². The quantitative estimate of drug-likeness (QED) is 0.879. The lowest BCUT2D eigenvalue weighted by Crippen LogP contribution is -2.57. The Bertz CT molecular complexity index is 487. The second-order valence-corrected chi connectivity index (χ2v) is 7.39. The van der Waals surface area contributed by atoms with Crippen LogP contribution in [0.5, 0.6) is 0 Å². The van der Waals surface area contributed by atoms with E-state index in [9.17, 15) is 8.42 Å². The van der Waals surface area contributed by atoms with Gasteiger partial charge in [-0.2, -0.15) is 0 Å². The molecule has 1 aromatic carbocycles. The summed E-state index contributed by atoms with van der Waals surface area (Å²) in [6, 6.07) is 8.43. The van der Waals surface area contributed by atoms with Crippen molar-refractivity contribution in [2.45, 2.75) is 18.8 Å². The van der Waals surface area contributed by atoms with E-state index in [0.717, 1.165) is 13.1 Å². The first kappa shape index (κ1) is 12.6. The van der Waals surface area contributed by atoms with Gasteiger partial charge in [-0.15, -0.1) is 0 Å². The summed E-state index contributed by atoms with van der Waals surface area (Å²) in [6.07, 6.45) is 2.02. The fourth-order valence-electron chi connectivity index (χ4n) is 2.24. The molecule has 17 heavy (non-hydrogen) atoms. The van der Waals surface area contributed by atoms with Gasteiger partial charge in [0.15, 0.2) is 0 Å². The summed E-state index contributed by atoms with van der Waals surface area (Å²) in [6.45, 7) is 3.82. The largest absolute Gasteiger partial charge is 0.315 e. The summed E-state index contributed by atoms with van der Waals surface area (Å²) in [5, 5.41) is 3.26. The monoisotopic (exact) mass is 253 g/mol. The smallest absolute Gasteiger partial charge is 0.147 e. The molecule has 3 nitrogen and oxygen atoms in total. The van der Waals surface area contributed by atoms with Gasteiger partial charge in [0.25, 0.3) is 0 Å². The van der Waals surface area contributed by atoms with E-state index in [2.05, 4.69) is 36.5 Å². The minimum Gasteiger partial charge on any atom is -0.315 e. The molecule has 0 radical (unpaired) electrons. The number of hydrogen-bond acceptors (Lipinski definition) is 3. The van der Waals surface area contributed by atoms with Crippen molar-refractivity contribution in [3.05, 3.63) is 35.4 Å². The SMILES string of the molecule is Cc1ccc(C2(CCS(C)(=O)=O)CNC2)cc1. The Labute approximate surface area is 103 Å². The van der Waals surface area contributed by atoms with Crippen molar-refractivity contribution >= 4 is 9.84 Å². The highest BCUT2D eigenvalue weighted by molar-refractivity contribution is 7.90. The minimum atomic E-state index is -2.88. The standard InChI is InChI=1S/C13H19NO2S/c1-11-3-5-12(6-4-11)13(9-14-10-13)7-8-17(2,15)16/h3-6,14H,7-10H2,1-2H3. The highest BCUT2D eigenvalue weighted by atomic mass is 32.2. The van der Waals surface area contributed by atoms with Crippen molar-refractivity contribution in [3.63, 3.8) is 0 Å². The van der Waals surface area contributed by atoms with E-state index in [-0.39, 0.29) is 11.2 Å². The summed E-state index contributed by atoms with van der Waals surface area (Å²) in [4.78, 5) is 0. The van der Waals surface area contributed by atoms with Crippen molar-refractivity contribution in [1.82, 2.24) is 5.32 Å². The maximum absolute atomic E-state index is 11.3. The maximum Gasteiger partial charge on any atom is 0.147 e. The second-order valence-electron chi connectivity index (χ2n) is 5.13. The molecule has 1 aromatic rings. The number of nitrogens with one attached hydrogen (secondary N) is 1. The summed E-state index contributed by atoms with van der Waals surface area (Å²) in [5.41, 5.74) is 2.52. The second kappa shape index (κ2) is 4.42. The third-order valence-corrected chi connectivity index (χ3v) is 4.49. The van der Waals surface area contributed by atoms with Crippen molar-refractivity contribution < 1.29 is 8.42 Å². The predicted molar refractivity (Wildman–Crippen MR) is 70.1 cm³/mol. The van der Waals surface area contributed by atoms with Crippen molar-refractivity contribution in [2.24, 2.45) is 0 Å². The van der Waals surface area contributed by atoms with Crippen LogP contribution in [-0.4, -0.2) is 33.5 Å². The van der Waals surface area contributed by atoms with Gasteiger partial charge in [-0.3, -0.25) is 0 Å². The molecule has 0 atom stereocenters. The Morgan fingerprint density at radius 1 is 1.24 bits per heavy atom. The Kier molecular flexibility index (Phi) is 3.27. The van der Waals surface area contributed by atoms with Crippen LogP contribution in [0.25, 0.3) is 0 Å². The van der Waals surface area contributed by atoms with Gasteiger partial charge in [0, 0.05) is 24.8 Å². The van der Waals surface area contributed by atoms with Gasteiger partial charge in [0.2, 0.25) is 0 Å². The third kappa shape index (κ3) is 2.87. The van der Waals surface area contributed by atoms with Gasteiger partial charge >= 0.3 is 0 Å². The fraction of sp³-hybridized carbons (Fsp3) is 0.538. The van der Waals surface area contributed by atoms with E-state index in [4.69, 9.17) is 0 Å². The van der Waals surface area contributed by atoms with Crippen LogP contribution >= 0.6 is 0 Å². The summed E-state index contributed by atoms with van der Waals surface area (Å²) >= 11 is 0. The molecule has 94 valence electrons. The molecule has 1 heterocycles. The van der Waals surface area contributed by atoms with Crippen molar-refractivity contribution in [2.75, 3.05) is 25.1 Å². The first-order valence-electron chi connectivity index (χ1n) is 5.87. The molecule has 0 unspecified atom stereocenters. The predicted octanol–water partition coefficient (Wildman–Crippen LogP) is 1.27. The maximum atomic E-state index is 11.3. The molecule has 1 aliphatic heterocycles. The van der Waals surface area contributed by atoms with Crippen LogP contribution in [-0.2, 0) is 15.3 Å². The molecule has 1 fully saturated rings. The molecular formula is C13H19NO2S. The Morgan fingerprint density at radius 3 is 2.24 bits per heavy atom. The van der Waals surface area contributed by atoms with Gasteiger partial charge in [0.05, 0.1) is 5.75 Å². The molecule has 2 rings (SSSR count). The van der Waals surface area contributed by atoms with Crippen LogP contribution in [0, 0.1) is 6.92 Å². The van der Waals surface area contributed by atoms with Crippen molar-refractivity contribution in [3.8, 4) is 0 Å². The first-order valence-corrected chi connectivity index (χ1v) is 7.93. The number of sulfone groups is 1. The Morgan fingerprint density at radius 2 is 1.82 bits per heavy atom. The fourth-order valence-corrected chi connectivity index (χ4v) is 3.00. The highest BCUT2D eigenvalue weighted by Crippen LogP contribution is 2.32. The van der Waals surface area contributed by atoms with Crippen LogP contribution in [0.4, 0.5) is 0 Å². The average molecular weight is 253 g/mol. The van der Waals surface area contributed by atoms with Gasteiger partial charge < -0.3 is 5.32 Å². The van der Waals surface area contributed by atoms with Crippen LogP contribution in [0.1, 0.15) is 17.5 Å². The van der Waals surface area contributed by atoms with E-state index in [1.54, 1.807) is 0 Å². The van der Waals surface area contributed by atoms with E-state index >= 15 is 0 Å². The molecule has 1 N–H and O–H groups in total. The van der Waals surface area contributed by atoms with Crippen LogP contribution < -0.4 is 5.32 Å². The molecule has 0 amide bonds. The zero-order chi connectivity index (χ0) is 12.5. The lowest BCUT2D eigenvalue weighted by atomic mass is 9.73. The molecule has 4 heteroatoms. The Hall–Kier alpha value is -0.870. The first-order chi connectivity index (χ1) is 7.91. The molecule has 0 aromatic heterocycles. The van der Waals surface area contributed by atoms with Crippen LogP contribution in [0.3, 0.4) is 0 Å². The van der Waals surface area contributed by atoms with E-state index in [0.29, 0.717) is 6.42 Å². The average Bonchev–Trinajstić information content (AvgIpc) is 2.17. The molecule has 0 saturated carbocycles. The normalized spacial score (nSPS) is 18.7. The summed E-state index contributed by atoms with van der Waals surface area (Å²) in [5.74, 6) is 0.266. The zero-order valence-electron chi connectivity index (χ0n) is 10.4. The molecular weight excluding hydrogens is 234 g/mol. The number of aryl methyl sites for hydroxylation is 1. The minimum absolute atomic E-state index is 0.0246. The van der Waals surface area contributed by atoms with Gasteiger partial charge in [-0.1, -0.05) is 29.8 Å². The summed E-state index contributed by atoms with van der Waals surface area (Å²) in [7, 11) is -2.88. The van der Waals surface area contributed by atoms with Crippen LogP contribution in [0.15, 0.2) is 24.3 Å². The molecule has 0 aliphatic carbocycles. The molecule has 0 spiro atoms. The van der Waals surface area contributed by atoms with Gasteiger partial charge in [-0.25, -0.2) is 8.42 Å². The number of rotatable bonds is 4. The lowest BCUT2D eigenvalue weighted by Gasteiger charge is -2.43. The number of hydrogen-bond donors (Lipinski definition) is 1. The van der Waals surface area contributed by atoms with E-state index < -0.39 is 9.84 Å². The third-order valence-electron chi connectivity index (χ3n) is 3.54. The van der Waals surface area contributed by atoms with Crippen molar-refractivity contribution in [1.29, 1.82) is 0 Å². The Balaban J connectivity index is 2.17. The topological polar surface area (TPSA) is 46.2 Å². The molecule has 1 aliphatic rings. The molecule has 1 saturated heterocycles. The molecule has 0 bridgehead atoms. The van der Waals surface area contributed by atoms with Gasteiger partial charge in [0.1, 0.15) is 9.84 Å².